The van der Waals surface area contributed by atoms with Crippen LogP contribution in [0.3, 0.4) is 0 Å². The van der Waals surface area contributed by atoms with E-state index in [9.17, 15) is 19.0 Å². The van der Waals surface area contributed by atoms with E-state index in [1.54, 1.807) is 12.1 Å². The molecular weight excluding hydrogens is 414 g/mol. The van der Waals surface area contributed by atoms with Crippen LogP contribution in [0.1, 0.15) is 0 Å². The molecule has 0 radical (unpaired) electrons. The fourth-order valence-electron chi connectivity index (χ4n) is 3.14. The van der Waals surface area contributed by atoms with Gasteiger partial charge in [-0.15, -0.1) is 0 Å². The summed E-state index contributed by atoms with van der Waals surface area (Å²) in [7, 11) is 0. The highest BCUT2D eigenvalue weighted by molar-refractivity contribution is 9.10. The summed E-state index contributed by atoms with van der Waals surface area (Å²) in [5.74, 6) is -2.07. The van der Waals surface area contributed by atoms with Crippen molar-refractivity contribution < 1.29 is 19.0 Å². The molecular formula is C22H13BrF2O2. The quantitative estimate of drug-likeness (QED) is 0.353. The third-order valence-corrected chi connectivity index (χ3v) is 4.99. The Labute approximate surface area is 162 Å². The van der Waals surface area contributed by atoms with Gasteiger partial charge in [-0.3, -0.25) is 0 Å². The second-order valence-corrected chi connectivity index (χ2v) is 7.08. The van der Waals surface area contributed by atoms with Gasteiger partial charge in [0, 0.05) is 26.7 Å². The van der Waals surface area contributed by atoms with Gasteiger partial charge in [-0.2, -0.15) is 0 Å². The van der Waals surface area contributed by atoms with Crippen molar-refractivity contribution in [1.82, 2.24) is 0 Å². The summed E-state index contributed by atoms with van der Waals surface area (Å²) in [6.45, 7) is 0. The standard InChI is InChI=1S/C22H13BrF2O2/c23-14-5-8-19(24)18(11-14)16-7-6-15(21(26)22(16)27)17-9-12-3-1-2-4-13(12)10-20(17)25/h1-11,26-27H. The molecule has 0 amide bonds. The molecule has 0 saturated heterocycles. The molecule has 27 heavy (non-hydrogen) atoms. The molecule has 2 N–H and O–H groups in total. The molecule has 0 bridgehead atoms. The summed E-state index contributed by atoms with van der Waals surface area (Å²) in [4.78, 5) is 0. The van der Waals surface area contributed by atoms with Crippen molar-refractivity contribution in [1.29, 1.82) is 0 Å². The number of fused-ring (bicyclic) bond motifs is 1. The zero-order valence-corrected chi connectivity index (χ0v) is 15.5. The molecule has 0 aliphatic rings. The summed E-state index contributed by atoms with van der Waals surface area (Å²) < 4.78 is 29.4. The Morgan fingerprint density at radius 3 is 1.78 bits per heavy atom. The summed E-state index contributed by atoms with van der Waals surface area (Å²) in [6.07, 6.45) is 0. The lowest BCUT2D eigenvalue weighted by Crippen LogP contribution is -1.90. The van der Waals surface area contributed by atoms with Gasteiger partial charge in [0.15, 0.2) is 11.5 Å². The minimum absolute atomic E-state index is 0.122. The SMILES string of the molecule is Oc1c(-c2cc(Br)ccc2F)ccc(-c2cc3ccccc3cc2F)c1O. The van der Waals surface area contributed by atoms with Crippen LogP contribution in [0.4, 0.5) is 8.78 Å². The molecule has 0 spiro atoms. The predicted octanol–water partition coefficient (Wildman–Crippen LogP) is 6.63. The van der Waals surface area contributed by atoms with E-state index in [0.717, 1.165) is 10.8 Å². The Hall–Kier alpha value is -2.92. The first-order valence-corrected chi connectivity index (χ1v) is 8.94. The lowest BCUT2D eigenvalue weighted by Gasteiger charge is -2.13. The van der Waals surface area contributed by atoms with Gasteiger partial charge in [-0.1, -0.05) is 40.2 Å². The average Bonchev–Trinajstić information content (AvgIpc) is 2.66. The van der Waals surface area contributed by atoms with Crippen molar-refractivity contribution >= 4 is 26.7 Å². The number of aromatic hydroxyl groups is 2. The van der Waals surface area contributed by atoms with E-state index in [1.807, 2.05) is 18.2 Å². The molecule has 0 unspecified atom stereocenters. The number of phenols is 2. The molecule has 5 heteroatoms. The van der Waals surface area contributed by atoms with Gasteiger partial charge in [-0.05, 0) is 53.2 Å². The van der Waals surface area contributed by atoms with Gasteiger partial charge in [0.2, 0.25) is 0 Å². The second-order valence-electron chi connectivity index (χ2n) is 6.16. The van der Waals surface area contributed by atoms with Crippen molar-refractivity contribution in [3.05, 3.63) is 82.8 Å². The number of hydrogen-bond donors (Lipinski definition) is 2. The van der Waals surface area contributed by atoms with E-state index in [-0.39, 0.29) is 22.3 Å². The summed E-state index contributed by atoms with van der Waals surface area (Å²) >= 11 is 3.26. The molecule has 0 aromatic heterocycles. The topological polar surface area (TPSA) is 40.5 Å². The number of phenolic OH excluding ortho intramolecular Hbond substituents is 2. The molecule has 134 valence electrons. The van der Waals surface area contributed by atoms with Crippen molar-refractivity contribution in [2.75, 3.05) is 0 Å². The van der Waals surface area contributed by atoms with Crippen LogP contribution in [0.5, 0.6) is 11.5 Å². The Balaban J connectivity index is 1.90. The van der Waals surface area contributed by atoms with Crippen molar-refractivity contribution in [3.8, 4) is 33.8 Å². The minimum atomic E-state index is -0.544. The first kappa shape index (κ1) is 17.5. The Morgan fingerprint density at radius 2 is 1.15 bits per heavy atom. The molecule has 0 fully saturated rings. The van der Waals surface area contributed by atoms with E-state index in [1.165, 1.54) is 36.4 Å². The maximum Gasteiger partial charge on any atom is 0.166 e. The summed E-state index contributed by atoms with van der Waals surface area (Å²) in [6, 6.07) is 17.5. The van der Waals surface area contributed by atoms with Crippen LogP contribution in [0, 0.1) is 11.6 Å². The lowest BCUT2D eigenvalue weighted by atomic mass is 9.95. The third-order valence-electron chi connectivity index (χ3n) is 4.50. The molecule has 4 aromatic carbocycles. The number of benzene rings is 4. The molecule has 0 atom stereocenters. The zero-order chi connectivity index (χ0) is 19.1. The largest absolute Gasteiger partial charge is 0.504 e. The highest BCUT2D eigenvalue weighted by atomic mass is 79.9. The van der Waals surface area contributed by atoms with Gasteiger partial charge in [0.25, 0.3) is 0 Å². The Kier molecular flexibility index (Phi) is 4.32. The van der Waals surface area contributed by atoms with Crippen LogP contribution in [0.15, 0.2) is 71.2 Å². The molecule has 0 saturated carbocycles. The normalized spacial score (nSPS) is 11.1. The highest BCUT2D eigenvalue weighted by Gasteiger charge is 2.19. The van der Waals surface area contributed by atoms with Gasteiger partial charge in [0.1, 0.15) is 11.6 Å². The molecule has 0 heterocycles. The molecule has 0 aliphatic carbocycles. The van der Waals surface area contributed by atoms with Crippen LogP contribution in [-0.2, 0) is 0 Å². The number of halogens is 3. The average molecular weight is 427 g/mol. The number of hydrogen-bond acceptors (Lipinski definition) is 2. The van der Waals surface area contributed by atoms with Gasteiger partial charge in [0.05, 0.1) is 0 Å². The Morgan fingerprint density at radius 1 is 0.593 bits per heavy atom. The molecule has 4 aromatic rings. The smallest absolute Gasteiger partial charge is 0.166 e. The van der Waals surface area contributed by atoms with Gasteiger partial charge >= 0.3 is 0 Å². The fourth-order valence-corrected chi connectivity index (χ4v) is 3.50. The molecule has 2 nitrogen and oxygen atoms in total. The van der Waals surface area contributed by atoms with E-state index in [4.69, 9.17) is 0 Å². The maximum absolute atomic E-state index is 14.6. The first-order valence-electron chi connectivity index (χ1n) is 8.14. The maximum atomic E-state index is 14.6. The summed E-state index contributed by atoms with van der Waals surface area (Å²) in [5.41, 5.74) is 0.539. The van der Waals surface area contributed by atoms with Crippen LogP contribution < -0.4 is 0 Å². The van der Waals surface area contributed by atoms with Gasteiger partial charge in [-0.25, -0.2) is 8.78 Å². The van der Waals surface area contributed by atoms with E-state index in [0.29, 0.717) is 4.47 Å². The monoisotopic (exact) mass is 426 g/mol. The van der Waals surface area contributed by atoms with E-state index < -0.39 is 23.1 Å². The summed E-state index contributed by atoms with van der Waals surface area (Å²) in [5, 5.41) is 22.5. The highest BCUT2D eigenvalue weighted by Crippen LogP contribution is 2.45. The van der Waals surface area contributed by atoms with Crippen LogP contribution in [-0.4, -0.2) is 10.2 Å². The minimum Gasteiger partial charge on any atom is -0.504 e. The predicted molar refractivity (Wildman–Crippen MR) is 106 cm³/mol. The van der Waals surface area contributed by atoms with Crippen LogP contribution >= 0.6 is 15.9 Å². The van der Waals surface area contributed by atoms with Gasteiger partial charge < -0.3 is 10.2 Å². The first-order chi connectivity index (χ1) is 13.0. The van der Waals surface area contributed by atoms with E-state index in [2.05, 4.69) is 15.9 Å². The zero-order valence-electron chi connectivity index (χ0n) is 13.9. The third kappa shape index (κ3) is 3.04. The second kappa shape index (κ2) is 6.67. The Bertz CT molecular complexity index is 1190. The fraction of sp³-hybridized carbons (Fsp3) is 0. The lowest BCUT2D eigenvalue weighted by molar-refractivity contribution is 0.406. The molecule has 0 aliphatic heterocycles. The van der Waals surface area contributed by atoms with E-state index >= 15 is 0 Å². The van der Waals surface area contributed by atoms with Crippen molar-refractivity contribution in [3.63, 3.8) is 0 Å². The van der Waals surface area contributed by atoms with Crippen molar-refractivity contribution in [2.24, 2.45) is 0 Å². The number of rotatable bonds is 2. The van der Waals surface area contributed by atoms with Crippen LogP contribution in [0.2, 0.25) is 0 Å². The van der Waals surface area contributed by atoms with Crippen molar-refractivity contribution in [2.45, 2.75) is 0 Å². The van der Waals surface area contributed by atoms with Crippen LogP contribution in [0.25, 0.3) is 33.0 Å². The molecule has 4 rings (SSSR count).